The first-order chi connectivity index (χ1) is 28.7. The third-order valence-corrected chi connectivity index (χ3v) is 12.1. The summed E-state index contributed by atoms with van der Waals surface area (Å²) < 4.78 is 17.8. The van der Waals surface area contributed by atoms with Gasteiger partial charge in [-0.05, 0) is 70.1 Å². The van der Waals surface area contributed by atoms with E-state index in [4.69, 9.17) is 15.4 Å². The molecule has 13 aromatic rings. The maximum atomic E-state index is 11.1. The number of fused-ring (bicyclic) bond motifs is 18. The molecule has 58 heavy (non-hydrogen) atoms. The van der Waals surface area contributed by atoms with E-state index >= 15 is 0 Å². The second-order valence-corrected chi connectivity index (χ2v) is 15.0. The van der Waals surface area contributed by atoms with Gasteiger partial charge in [0.25, 0.3) is 0 Å². The second-order valence-electron chi connectivity index (χ2n) is 15.0. The van der Waals surface area contributed by atoms with Gasteiger partial charge in [-0.2, -0.15) is 5.26 Å². The smallest absolute Gasteiger partial charge is 0.212 e. The average Bonchev–Trinajstić information content (AvgIpc) is 4.04. The van der Waals surface area contributed by atoms with Crippen LogP contribution in [0.25, 0.3) is 125 Å². The lowest BCUT2D eigenvalue weighted by Gasteiger charge is -2.16. The largest absolute Gasteiger partial charge is 0.454 e. The molecule has 0 bridgehead atoms. The molecule has 0 aliphatic rings. The van der Waals surface area contributed by atoms with Crippen LogP contribution in [0.3, 0.4) is 0 Å². The van der Waals surface area contributed by atoms with E-state index in [0.717, 1.165) is 109 Å². The quantitative estimate of drug-likeness (QED) is 0.166. The van der Waals surface area contributed by atoms with Crippen LogP contribution in [0.5, 0.6) is 0 Å². The Kier molecular flexibility index (Phi) is 5.94. The normalized spacial score (nSPS) is 12.1. The van der Waals surface area contributed by atoms with Crippen LogP contribution < -0.4 is 0 Å². The summed E-state index contributed by atoms with van der Waals surface area (Å²) >= 11 is 0. The third kappa shape index (κ3) is 3.88. The predicted molar refractivity (Wildman–Crippen MR) is 236 cm³/mol. The van der Waals surface area contributed by atoms with Crippen molar-refractivity contribution in [3.8, 4) is 17.4 Å². The molecule has 4 aromatic heterocycles. The van der Waals surface area contributed by atoms with Crippen LogP contribution in [0.2, 0.25) is 0 Å². The first-order valence-electron chi connectivity index (χ1n) is 19.2. The lowest BCUT2D eigenvalue weighted by atomic mass is 10.0. The van der Waals surface area contributed by atoms with Crippen molar-refractivity contribution in [1.29, 1.82) is 5.26 Å². The number of rotatable bonds is 2. The summed E-state index contributed by atoms with van der Waals surface area (Å²) in [6.45, 7) is 8.68. The number of aromatic nitrogens is 2. The zero-order valence-corrected chi connectivity index (χ0v) is 30.6. The molecule has 0 unspecified atom stereocenters. The second kappa shape index (κ2) is 11.1. The standard InChI is InChI=1S/C52H26N4O2/c1-54-40-27-43(55-41-16-8-6-14-34(41)36-20-22-38-47-32-12-4-2-10-29(32)18-24-45(47)57-51(38)49(36)55)31(28-53)26-44(40)56-42-17-9-7-15-35(42)37-21-23-39-48-33-13-5-3-11-30(33)19-25-46(48)58-52(39)50(37)56/h2-27H. The Balaban J connectivity index is 1.15. The molecule has 0 fully saturated rings. The lowest BCUT2D eigenvalue weighted by Crippen LogP contribution is -2.02. The van der Waals surface area contributed by atoms with Crippen molar-refractivity contribution in [2.45, 2.75) is 0 Å². The third-order valence-electron chi connectivity index (χ3n) is 12.1. The van der Waals surface area contributed by atoms with Gasteiger partial charge in [0.2, 0.25) is 5.69 Å². The zero-order chi connectivity index (χ0) is 38.2. The van der Waals surface area contributed by atoms with Gasteiger partial charge in [-0.3, -0.25) is 0 Å². The van der Waals surface area contributed by atoms with Crippen molar-refractivity contribution in [3.05, 3.63) is 175 Å². The van der Waals surface area contributed by atoms with E-state index in [1.807, 2.05) is 48.5 Å². The number of furan rings is 2. The van der Waals surface area contributed by atoms with E-state index in [-0.39, 0.29) is 0 Å². The Hall–Kier alpha value is -8.32. The number of hydrogen-bond acceptors (Lipinski definition) is 3. The minimum Gasteiger partial charge on any atom is -0.454 e. The Labute approximate surface area is 329 Å². The van der Waals surface area contributed by atoms with Crippen LogP contribution in [-0.4, -0.2) is 9.13 Å². The van der Waals surface area contributed by atoms with E-state index < -0.39 is 0 Å². The number of nitriles is 1. The number of para-hydroxylation sites is 2. The van der Waals surface area contributed by atoms with Gasteiger partial charge in [-0.1, -0.05) is 109 Å². The van der Waals surface area contributed by atoms with Crippen molar-refractivity contribution >= 4 is 115 Å². The zero-order valence-electron chi connectivity index (χ0n) is 30.6. The van der Waals surface area contributed by atoms with Gasteiger partial charge in [0, 0.05) is 43.1 Å². The van der Waals surface area contributed by atoms with Crippen molar-refractivity contribution in [2.75, 3.05) is 0 Å². The molecule has 13 rings (SSSR count). The molecule has 9 aromatic carbocycles. The molecule has 266 valence electrons. The van der Waals surface area contributed by atoms with Crippen LogP contribution in [-0.2, 0) is 0 Å². The highest BCUT2D eigenvalue weighted by Gasteiger charge is 2.25. The maximum absolute atomic E-state index is 11.1. The molecule has 6 heteroatoms. The summed E-state index contributed by atoms with van der Waals surface area (Å²) in [6, 6.07) is 56.3. The molecule has 0 N–H and O–H groups in total. The van der Waals surface area contributed by atoms with Gasteiger partial charge in [0.05, 0.1) is 45.6 Å². The molecule has 0 saturated heterocycles. The van der Waals surface area contributed by atoms with Gasteiger partial charge in [0.15, 0.2) is 11.2 Å². The molecule has 0 aliphatic heterocycles. The fourth-order valence-electron chi connectivity index (χ4n) is 9.71. The Morgan fingerprint density at radius 1 is 0.466 bits per heavy atom. The fourth-order valence-corrected chi connectivity index (χ4v) is 9.71. The Morgan fingerprint density at radius 2 is 0.931 bits per heavy atom. The summed E-state index contributed by atoms with van der Waals surface area (Å²) in [6.07, 6.45) is 0. The minimum atomic E-state index is 0.406. The molecule has 0 radical (unpaired) electrons. The van der Waals surface area contributed by atoms with Crippen LogP contribution in [0.15, 0.2) is 167 Å². The van der Waals surface area contributed by atoms with Crippen LogP contribution in [0.1, 0.15) is 5.56 Å². The SMILES string of the molecule is [C-]#[N+]c1cc(-n2c3ccccc3c3ccc4c(oc5ccc6ccccc6c54)c32)c(C#N)cc1-n1c2ccccc2c2ccc3c(oc4ccc5ccccc5c43)c21. The minimum absolute atomic E-state index is 0.406. The first-order valence-corrected chi connectivity index (χ1v) is 19.2. The summed E-state index contributed by atoms with van der Waals surface area (Å²) in [5.41, 5.74) is 8.68. The number of benzene rings is 9. The molecule has 0 aliphatic carbocycles. The van der Waals surface area contributed by atoms with Gasteiger partial charge >= 0.3 is 0 Å². The van der Waals surface area contributed by atoms with Gasteiger partial charge < -0.3 is 18.0 Å². The molecule has 0 atom stereocenters. The monoisotopic (exact) mass is 738 g/mol. The predicted octanol–water partition coefficient (Wildman–Crippen LogP) is 14.4. The average molecular weight is 739 g/mol. The van der Waals surface area contributed by atoms with Crippen LogP contribution in [0, 0.1) is 17.9 Å². The summed E-state index contributed by atoms with van der Waals surface area (Å²) in [5.74, 6) is 0. The molecular weight excluding hydrogens is 713 g/mol. The van der Waals surface area contributed by atoms with Crippen molar-refractivity contribution in [1.82, 2.24) is 9.13 Å². The fraction of sp³-hybridized carbons (Fsp3) is 0. The highest BCUT2D eigenvalue weighted by Crippen LogP contribution is 2.46. The molecular formula is C52H26N4O2. The number of hydrogen-bond donors (Lipinski definition) is 0. The molecule has 6 nitrogen and oxygen atoms in total. The van der Waals surface area contributed by atoms with E-state index in [0.29, 0.717) is 22.6 Å². The van der Waals surface area contributed by atoms with Gasteiger partial charge in [0.1, 0.15) is 17.2 Å². The molecule has 0 amide bonds. The van der Waals surface area contributed by atoms with Gasteiger partial charge in [-0.25, -0.2) is 4.85 Å². The first kappa shape index (κ1) is 30.9. The summed E-state index contributed by atoms with van der Waals surface area (Å²) in [4.78, 5) is 4.19. The Morgan fingerprint density at radius 3 is 1.45 bits per heavy atom. The molecule has 0 saturated carbocycles. The summed E-state index contributed by atoms with van der Waals surface area (Å²) in [7, 11) is 0. The molecule has 0 spiro atoms. The Bertz CT molecular complexity index is 3800. The van der Waals surface area contributed by atoms with Crippen molar-refractivity contribution in [2.24, 2.45) is 0 Å². The van der Waals surface area contributed by atoms with E-state index in [2.05, 4.69) is 129 Å². The van der Waals surface area contributed by atoms with Gasteiger partial charge in [-0.15, -0.1) is 0 Å². The van der Waals surface area contributed by atoms with Crippen molar-refractivity contribution in [3.63, 3.8) is 0 Å². The van der Waals surface area contributed by atoms with Crippen molar-refractivity contribution < 1.29 is 8.83 Å². The number of nitrogens with zero attached hydrogens (tertiary/aromatic N) is 4. The van der Waals surface area contributed by atoms with E-state index in [1.165, 1.54) is 0 Å². The lowest BCUT2D eigenvalue weighted by molar-refractivity contribution is 0.671. The van der Waals surface area contributed by atoms with E-state index in [9.17, 15) is 5.26 Å². The van der Waals surface area contributed by atoms with Crippen LogP contribution in [0.4, 0.5) is 5.69 Å². The molecule has 4 heterocycles. The highest BCUT2D eigenvalue weighted by atomic mass is 16.3. The van der Waals surface area contributed by atoms with Crippen LogP contribution >= 0.6 is 0 Å². The topological polar surface area (TPSA) is 64.3 Å². The highest BCUT2D eigenvalue weighted by molar-refractivity contribution is 6.28. The van der Waals surface area contributed by atoms with E-state index in [1.54, 1.807) is 0 Å². The maximum Gasteiger partial charge on any atom is 0.212 e. The summed E-state index contributed by atoms with van der Waals surface area (Å²) in [5, 5.41) is 23.8.